The van der Waals surface area contributed by atoms with Gasteiger partial charge in [0.15, 0.2) is 23.1 Å². The summed E-state index contributed by atoms with van der Waals surface area (Å²) in [5.41, 5.74) is 3.11. The van der Waals surface area contributed by atoms with Crippen LogP contribution in [0.15, 0.2) is 48.1 Å². The second kappa shape index (κ2) is 7.97. The number of fused-ring (bicyclic) bond motifs is 1. The number of rotatable bonds is 7. The van der Waals surface area contributed by atoms with Crippen LogP contribution in [0.5, 0.6) is 11.5 Å². The van der Waals surface area contributed by atoms with Crippen LogP contribution < -0.4 is 9.47 Å². The van der Waals surface area contributed by atoms with Gasteiger partial charge < -0.3 is 9.47 Å². The number of Topliss-reactive ketones (excluding diaryl/α,β-unsaturated/α-hetero) is 2. The molecule has 1 unspecified atom stereocenters. The number of allylic oxidation sites excluding steroid dienone is 5. The van der Waals surface area contributed by atoms with Gasteiger partial charge in [-0.25, -0.2) is 0 Å². The van der Waals surface area contributed by atoms with Crippen LogP contribution in [0.3, 0.4) is 0 Å². The minimum Gasteiger partial charge on any atom is -0.493 e. The molecule has 1 aromatic carbocycles. The largest absolute Gasteiger partial charge is 0.493 e. The summed E-state index contributed by atoms with van der Waals surface area (Å²) in [7, 11) is 3.13. The monoisotopic (exact) mass is 340 g/mol. The summed E-state index contributed by atoms with van der Waals surface area (Å²) in [5.74, 6) is 1.03. The number of hydrogen-bond donors (Lipinski definition) is 0. The first-order chi connectivity index (χ1) is 12.0. The minimum absolute atomic E-state index is 0.0121. The Bertz CT molecular complexity index is 768. The van der Waals surface area contributed by atoms with Crippen molar-refractivity contribution in [2.24, 2.45) is 5.92 Å². The standard InChI is InChI=1S/C21H24O4/c1-6-8-14(17(7-2)13(3)22)9-16-10-15-11-19(24-4)20(25-5)12-18(15)21(16)23/h6-8,11-12,16H,1,9-10H2,2-5H3/b14-8-,17-7-. The topological polar surface area (TPSA) is 52.6 Å². The molecule has 0 spiro atoms. The smallest absolute Gasteiger partial charge is 0.167 e. The van der Waals surface area contributed by atoms with Gasteiger partial charge in [0.1, 0.15) is 0 Å². The van der Waals surface area contributed by atoms with Crippen LogP contribution in [0.2, 0.25) is 0 Å². The fourth-order valence-electron chi connectivity index (χ4n) is 3.35. The van der Waals surface area contributed by atoms with Crippen LogP contribution in [-0.2, 0) is 11.2 Å². The van der Waals surface area contributed by atoms with Crippen molar-refractivity contribution in [2.75, 3.05) is 14.2 Å². The van der Waals surface area contributed by atoms with Crippen LogP contribution in [0, 0.1) is 5.92 Å². The average molecular weight is 340 g/mol. The van der Waals surface area contributed by atoms with Crippen molar-refractivity contribution in [1.82, 2.24) is 0 Å². The molecule has 25 heavy (non-hydrogen) atoms. The van der Waals surface area contributed by atoms with E-state index >= 15 is 0 Å². The Kier molecular flexibility index (Phi) is 5.97. The summed E-state index contributed by atoms with van der Waals surface area (Å²) in [6, 6.07) is 3.61. The van der Waals surface area contributed by atoms with Gasteiger partial charge in [0.25, 0.3) is 0 Å². The van der Waals surface area contributed by atoms with Gasteiger partial charge in [0, 0.05) is 17.1 Å². The maximum absolute atomic E-state index is 12.8. The molecule has 1 atom stereocenters. The second-order valence-electron chi connectivity index (χ2n) is 6.02. The fraction of sp³-hybridized carbons (Fsp3) is 0.333. The Balaban J connectivity index is 2.33. The first kappa shape index (κ1) is 18.7. The van der Waals surface area contributed by atoms with Crippen molar-refractivity contribution in [1.29, 1.82) is 0 Å². The third-order valence-electron chi connectivity index (χ3n) is 4.51. The first-order valence-corrected chi connectivity index (χ1v) is 8.25. The van der Waals surface area contributed by atoms with Crippen LogP contribution in [-0.4, -0.2) is 25.8 Å². The number of benzene rings is 1. The normalized spacial score (nSPS) is 17.3. The predicted octanol–water partition coefficient (Wildman–Crippen LogP) is 4.10. The van der Waals surface area contributed by atoms with E-state index in [1.807, 2.05) is 19.1 Å². The van der Waals surface area contributed by atoms with Gasteiger partial charge in [-0.05, 0) is 50.0 Å². The molecule has 4 heteroatoms. The summed E-state index contributed by atoms with van der Waals surface area (Å²) >= 11 is 0. The lowest BCUT2D eigenvalue weighted by Crippen LogP contribution is -2.12. The van der Waals surface area contributed by atoms with Crippen molar-refractivity contribution in [3.05, 3.63) is 59.2 Å². The van der Waals surface area contributed by atoms with Crippen molar-refractivity contribution in [3.8, 4) is 11.5 Å². The van der Waals surface area contributed by atoms with E-state index in [1.165, 1.54) is 6.92 Å². The van der Waals surface area contributed by atoms with Crippen LogP contribution in [0.25, 0.3) is 0 Å². The average Bonchev–Trinajstić information content (AvgIpc) is 2.89. The maximum atomic E-state index is 12.8. The van der Waals surface area contributed by atoms with Gasteiger partial charge in [0.05, 0.1) is 14.2 Å². The molecule has 0 radical (unpaired) electrons. The van der Waals surface area contributed by atoms with E-state index in [1.54, 1.807) is 32.4 Å². The summed E-state index contributed by atoms with van der Waals surface area (Å²) in [6.45, 7) is 7.08. The Morgan fingerprint density at radius 3 is 2.44 bits per heavy atom. The van der Waals surface area contributed by atoms with Gasteiger partial charge in [-0.1, -0.05) is 24.8 Å². The molecule has 0 saturated heterocycles. The maximum Gasteiger partial charge on any atom is 0.167 e. The lowest BCUT2D eigenvalue weighted by atomic mass is 9.89. The lowest BCUT2D eigenvalue weighted by Gasteiger charge is -2.13. The molecule has 132 valence electrons. The molecule has 0 amide bonds. The van der Waals surface area contributed by atoms with E-state index < -0.39 is 0 Å². The number of carbonyl (C=O) groups excluding carboxylic acids is 2. The SMILES string of the molecule is C=C/C=C(CC1Cc2cc(OC)c(OC)cc2C1=O)\C(=C/C)C(C)=O. The van der Waals surface area contributed by atoms with Crippen LogP contribution in [0.4, 0.5) is 0 Å². The van der Waals surface area contributed by atoms with Gasteiger partial charge in [-0.2, -0.15) is 0 Å². The Labute approximate surface area is 148 Å². The van der Waals surface area contributed by atoms with E-state index in [0.29, 0.717) is 35.5 Å². The molecule has 0 fully saturated rings. The highest BCUT2D eigenvalue weighted by atomic mass is 16.5. The molecule has 0 bridgehead atoms. The Hall–Kier alpha value is -2.62. The molecule has 2 rings (SSSR count). The molecule has 0 N–H and O–H groups in total. The zero-order valence-corrected chi connectivity index (χ0v) is 15.2. The molecular weight excluding hydrogens is 316 g/mol. The van der Waals surface area contributed by atoms with Crippen LogP contribution >= 0.6 is 0 Å². The summed E-state index contributed by atoms with van der Waals surface area (Å²) < 4.78 is 10.6. The van der Waals surface area contributed by atoms with Gasteiger partial charge in [-0.15, -0.1) is 0 Å². The molecule has 1 aliphatic carbocycles. The third kappa shape index (κ3) is 3.73. The Morgan fingerprint density at radius 2 is 1.92 bits per heavy atom. The van der Waals surface area contributed by atoms with Gasteiger partial charge >= 0.3 is 0 Å². The van der Waals surface area contributed by atoms with Crippen LogP contribution in [0.1, 0.15) is 36.2 Å². The number of hydrogen-bond acceptors (Lipinski definition) is 4. The summed E-state index contributed by atoms with van der Waals surface area (Å²) in [6.07, 6.45) is 6.38. The van der Waals surface area contributed by atoms with Crippen molar-refractivity contribution in [3.63, 3.8) is 0 Å². The molecule has 0 saturated carbocycles. The van der Waals surface area contributed by atoms with Gasteiger partial charge in [-0.3, -0.25) is 9.59 Å². The quantitative estimate of drug-likeness (QED) is 0.554. The van der Waals surface area contributed by atoms with Crippen molar-refractivity contribution < 1.29 is 19.1 Å². The highest BCUT2D eigenvalue weighted by Gasteiger charge is 2.33. The second-order valence-corrected chi connectivity index (χ2v) is 6.02. The zero-order valence-electron chi connectivity index (χ0n) is 15.2. The molecule has 4 nitrogen and oxygen atoms in total. The molecule has 1 aromatic rings. The van der Waals surface area contributed by atoms with Gasteiger partial charge in [0.2, 0.25) is 0 Å². The molecule has 0 aliphatic heterocycles. The summed E-state index contributed by atoms with van der Waals surface area (Å²) in [4.78, 5) is 24.7. The molecule has 1 aliphatic rings. The minimum atomic E-state index is -0.202. The predicted molar refractivity (Wildman–Crippen MR) is 98.4 cm³/mol. The summed E-state index contributed by atoms with van der Waals surface area (Å²) in [5, 5.41) is 0. The van der Waals surface area contributed by atoms with E-state index in [-0.39, 0.29) is 17.5 Å². The fourth-order valence-corrected chi connectivity index (χ4v) is 3.35. The molecular formula is C21H24O4. The first-order valence-electron chi connectivity index (χ1n) is 8.25. The van der Waals surface area contributed by atoms with E-state index in [0.717, 1.165) is 11.1 Å². The molecule has 0 heterocycles. The zero-order chi connectivity index (χ0) is 18.6. The number of carbonyl (C=O) groups is 2. The Morgan fingerprint density at radius 1 is 1.28 bits per heavy atom. The molecule has 0 aromatic heterocycles. The van der Waals surface area contributed by atoms with E-state index in [4.69, 9.17) is 9.47 Å². The number of ketones is 2. The van der Waals surface area contributed by atoms with Crippen molar-refractivity contribution >= 4 is 11.6 Å². The highest BCUT2D eigenvalue weighted by Crippen LogP contribution is 2.39. The lowest BCUT2D eigenvalue weighted by molar-refractivity contribution is -0.113. The van der Waals surface area contributed by atoms with E-state index in [9.17, 15) is 9.59 Å². The van der Waals surface area contributed by atoms with E-state index in [2.05, 4.69) is 6.58 Å². The number of ether oxygens (including phenoxy) is 2. The van der Waals surface area contributed by atoms with Crippen molar-refractivity contribution in [2.45, 2.75) is 26.7 Å². The third-order valence-corrected chi connectivity index (χ3v) is 4.51. The highest BCUT2D eigenvalue weighted by molar-refractivity contribution is 6.03. The number of methoxy groups -OCH3 is 2.